The molecule has 1 atom stereocenters. The fourth-order valence-electron chi connectivity index (χ4n) is 2.60. The lowest BCUT2D eigenvalue weighted by Crippen LogP contribution is -2.37. The number of nitrogens with one attached hydrogen (secondary N) is 1. The molecule has 2 heterocycles. The molecule has 0 saturated carbocycles. The molecule has 166 valence electrons. The molecule has 1 unspecified atom stereocenters. The van der Waals surface area contributed by atoms with Crippen LogP contribution in [-0.2, 0) is 38.3 Å². The molecule has 12 nitrogen and oxygen atoms in total. The smallest absolute Gasteiger partial charge is 0.335 e. The topological polar surface area (TPSA) is 152 Å². The first-order valence-corrected chi connectivity index (χ1v) is 9.54. The number of carbonyl (C=O) groups is 5. The zero-order valence-corrected chi connectivity index (χ0v) is 16.4. The van der Waals surface area contributed by atoms with Crippen LogP contribution >= 0.6 is 0 Å². The van der Waals surface area contributed by atoms with Crippen molar-refractivity contribution in [2.24, 2.45) is 0 Å². The van der Waals surface area contributed by atoms with Gasteiger partial charge in [-0.2, -0.15) is 0 Å². The van der Waals surface area contributed by atoms with Crippen molar-refractivity contribution in [3.05, 3.63) is 12.2 Å². The van der Waals surface area contributed by atoms with Crippen LogP contribution in [0, 0.1) is 0 Å². The van der Waals surface area contributed by atoms with Gasteiger partial charge in [0.1, 0.15) is 6.23 Å². The average molecular weight is 427 g/mol. The third-order valence-electron chi connectivity index (χ3n) is 4.18. The molecule has 0 aromatic rings. The molecule has 2 aliphatic rings. The van der Waals surface area contributed by atoms with Crippen LogP contribution in [0.4, 0.5) is 0 Å². The molecule has 0 aromatic carbocycles. The molecule has 2 aliphatic heterocycles. The van der Waals surface area contributed by atoms with E-state index in [1.165, 1.54) is 17.1 Å². The molecule has 1 fully saturated rings. The van der Waals surface area contributed by atoms with E-state index < -0.39 is 24.0 Å². The third kappa shape index (κ3) is 7.54. The van der Waals surface area contributed by atoms with Crippen molar-refractivity contribution in [1.29, 1.82) is 0 Å². The first-order valence-electron chi connectivity index (χ1n) is 9.54. The van der Waals surface area contributed by atoms with E-state index in [1.54, 1.807) is 0 Å². The fourth-order valence-corrected chi connectivity index (χ4v) is 2.60. The Labute approximate surface area is 172 Å². The maximum Gasteiger partial charge on any atom is 0.335 e. The summed E-state index contributed by atoms with van der Waals surface area (Å²) in [6.45, 7) is 1.15. The Morgan fingerprint density at radius 3 is 2.33 bits per heavy atom. The number of aliphatic hydroxyl groups excluding tert-OH is 1. The Morgan fingerprint density at radius 1 is 1.03 bits per heavy atom. The van der Waals surface area contributed by atoms with Gasteiger partial charge in [0.05, 0.1) is 32.8 Å². The SMILES string of the molecule is O=C(CCN1C(=O)C=CC1O)NCCOCCOCCC(=O)ON1C(=O)CCC1=O. The lowest BCUT2D eigenvalue weighted by molar-refractivity contribution is -0.198. The molecule has 0 radical (unpaired) electrons. The molecule has 2 N–H and O–H groups in total. The lowest BCUT2D eigenvalue weighted by Gasteiger charge is -2.19. The van der Waals surface area contributed by atoms with E-state index in [4.69, 9.17) is 9.47 Å². The summed E-state index contributed by atoms with van der Waals surface area (Å²) in [5.74, 6) is -2.40. The maximum absolute atomic E-state index is 11.7. The first kappa shape index (κ1) is 23.4. The van der Waals surface area contributed by atoms with Crippen LogP contribution in [0.1, 0.15) is 25.7 Å². The van der Waals surface area contributed by atoms with Crippen molar-refractivity contribution in [2.75, 3.05) is 39.5 Å². The number of nitrogens with zero attached hydrogens (tertiary/aromatic N) is 2. The van der Waals surface area contributed by atoms with Crippen molar-refractivity contribution in [2.45, 2.75) is 31.9 Å². The zero-order valence-electron chi connectivity index (χ0n) is 16.4. The summed E-state index contributed by atoms with van der Waals surface area (Å²) in [4.78, 5) is 63.1. The van der Waals surface area contributed by atoms with Crippen molar-refractivity contribution in [1.82, 2.24) is 15.3 Å². The van der Waals surface area contributed by atoms with Crippen LogP contribution in [0.3, 0.4) is 0 Å². The van der Waals surface area contributed by atoms with Crippen LogP contribution in [-0.4, -0.2) is 90.4 Å². The number of amides is 4. The second kappa shape index (κ2) is 12.0. The van der Waals surface area contributed by atoms with E-state index in [0.717, 1.165) is 0 Å². The molecule has 12 heteroatoms. The predicted octanol–water partition coefficient (Wildman–Crippen LogP) is -1.76. The number of carbonyl (C=O) groups excluding carboxylic acids is 5. The molecule has 30 heavy (non-hydrogen) atoms. The van der Waals surface area contributed by atoms with E-state index in [2.05, 4.69) is 10.2 Å². The molecule has 4 amide bonds. The normalized spacial score (nSPS) is 18.4. The Bertz CT molecular complexity index is 678. The van der Waals surface area contributed by atoms with Crippen molar-refractivity contribution in [3.8, 4) is 0 Å². The van der Waals surface area contributed by atoms with E-state index in [1.807, 2.05) is 0 Å². The van der Waals surface area contributed by atoms with Crippen LogP contribution in [0.5, 0.6) is 0 Å². The van der Waals surface area contributed by atoms with E-state index in [-0.39, 0.29) is 77.0 Å². The highest BCUT2D eigenvalue weighted by Gasteiger charge is 2.32. The van der Waals surface area contributed by atoms with Gasteiger partial charge in [0, 0.05) is 38.4 Å². The standard InChI is InChI=1S/C18H25N3O9/c22-13(5-8-20-14(23)1-2-15(20)24)19-7-10-29-12-11-28-9-6-18(27)30-21-16(25)3-4-17(21)26/h1-2,14,23H,3-12H2,(H,19,22). The van der Waals surface area contributed by atoms with Crippen LogP contribution in [0.15, 0.2) is 12.2 Å². The minimum absolute atomic E-state index is 0.0408. The number of hydroxylamine groups is 2. The lowest BCUT2D eigenvalue weighted by atomic mass is 10.3. The summed E-state index contributed by atoms with van der Waals surface area (Å²) < 4.78 is 10.5. The van der Waals surface area contributed by atoms with Crippen molar-refractivity contribution in [3.63, 3.8) is 0 Å². The van der Waals surface area contributed by atoms with Crippen LogP contribution in [0.2, 0.25) is 0 Å². The zero-order chi connectivity index (χ0) is 21.9. The number of ether oxygens (including phenoxy) is 2. The van der Waals surface area contributed by atoms with Gasteiger partial charge in [0.2, 0.25) is 11.8 Å². The summed E-state index contributed by atoms with van der Waals surface area (Å²) in [7, 11) is 0. The molecule has 2 rings (SSSR count). The number of hydrogen-bond acceptors (Lipinski definition) is 9. The van der Waals surface area contributed by atoms with Gasteiger partial charge in [-0.1, -0.05) is 0 Å². The minimum atomic E-state index is -0.985. The third-order valence-corrected chi connectivity index (χ3v) is 4.18. The quantitative estimate of drug-likeness (QED) is 0.257. The number of hydrogen-bond donors (Lipinski definition) is 2. The first-order chi connectivity index (χ1) is 14.4. The Balaban J connectivity index is 1.40. The Hall–Kier alpha value is -2.83. The highest BCUT2D eigenvalue weighted by atomic mass is 16.7. The molecular formula is C18H25N3O9. The monoisotopic (exact) mass is 427 g/mol. The number of aliphatic hydroxyl groups is 1. The molecule has 0 bridgehead atoms. The fraction of sp³-hybridized carbons (Fsp3) is 0.611. The summed E-state index contributed by atoms with van der Waals surface area (Å²) in [6, 6.07) is 0. The summed E-state index contributed by atoms with van der Waals surface area (Å²) in [5.41, 5.74) is 0. The van der Waals surface area contributed by atoms with Gasteiger partial charge in [-0.3, -0.25) is 19.2 Å². The van der Waals surface area contributed by atoms with Gasteiger partial charge in [-0.25, -0.2) is 4.79 Å². The van der Waals surface area contributed by atoms with Gasteiger partial charge in [-0.15, -0.1) is 5.06 Å². The number of rotatable bonds is 13. The highest BCUT2D eigenvalue weighted by molar-refractivity contribution is 6.01. The van der Waals surface area contributed by atoms with E-state index in [9.17, 15) is 29.1 Å². The van der Waals surface area contributed by atoms with Crippen LogP contribution < -0.4 is 5.32 Å². The average Bonchev–Trinajstić information content (AvgIpc) is 3.20. The second-order valence-corrected chi connectivity index (χ2v) is 6.42. The van der Waals surface area contributed by atoms with E-state index in [0.29, 0.717) is 5.06 Å². The second-order valence-electron chi connectivity index (χ2n) is 6.42. The molecule has 1 saturated heterocycles. The van der Waals surface area contributed by atoms with Gasteiger partial charge in [-0.05, 0) is 6.08 Å². The summed E-state index contributed by atoms with van der Waals surface area (Å²) >= 11 is 0. The van der Waals surface area contributed by atoms with E-state index >= 15 is 0 Å². The molecule has 0 spiro atoms. The van der Waals surface area contributed by atoms with Gasteiger partial charge >= 0.3 is 5.97 Å². The van der Waals surface area contributed by atoms with Gasteiger partial charge < -0.3 is 29.6 Å². The molecule has 0 aromatic heterocycles. The van der Waals surface area contributed by atoms with Crippen molar-refractivity contribution < 1.29 is 43.4 Å². The van der Waals surface area contributed by atoms with Gasteiger partial charge in [0.25, 0.3) is 11.8 Å². The Kier molecular flexibility index (Phi) is 9.38. The minimum Gasteiger partial charge on any atom is -0.378 e. The van der Waals surface area contributed by atoms with Crippen LogP contribution in [0.25, 0.3) is 0 Å². The summed E-state index contributed by atoms with van der Waals surface area (Å²) in [5, 5.41) is 12.6. The molecular weight excluding hydrogens is 402 g/mol. The predicted molar refractivity (Wildman–Crippen MR) is 97.9 cm³/mol. The summed E-state index contributed by atoms with van der Waals surface area (Å²) in [6.07, 6.45) is 1.67. The molecule has 0 aliphatic carbocycles. The van der Waals surface area contributed by atoms with Gasteiger partial charge in [0.15, 0.2) is 0 Å². The number of imide groups is 1. The van der Waals surface area contributed by atoms with Crippen molar-refractivity contribution >= 4 is 29.6 Å². The Morgan fingerprint density at radius 2 is 1.70 bits per heavy atom. The largest absolute Gasteiger partial charge is 0.378 e. The highest BCUT2D eigenvalue weighted by Crippen LogP contribution is 2.12. The maximum atomic E-state index is 11.7.